The van der Waals surface area contributed by atoms with Crippen LogP contribution in [-0.4, -0.2) is 29.2 Å². The van der Waals surface area contributed by atoms with Crippen molar-refractivity contribution in [1.29, 1.82) is 0 Å². The molecule has 0 amide bonds. The highest BCUT2D eigenvalue weighted by atomic mass is 16.6. The molecule has 6 nitrogen and oxygen atoms in total. The highest BCUT2D eigenvalue weighted by Gasteiger charge is 2.20. The standard InChI is InChI=1S/C14H17N3O3/c1-14(2,9-20-3)16-12-4-5-13(17(18)19)11-8-15-7-6-10(11)12/h4-8,16H,9H2,1-3H3. The molecule has 0 atom stereocenters. The molecule has 0 fully saturated rings. The van der Waals surface area contributed by atoms with Gasteiger partial charge in [-0.3, -0.25) is 15.1 Å². The van der Waals surface area contributed by atoms with Crippen LogP contribution in [-0.2, 0) is 4.74 Å². The maximum Gasteiger partial charge on any atom is 0.278 e. The predicted molar refractivity (Wildman–Crippen MR) is 78.0 cm³/mol. The predicted octanol–water partition coefficient (Wildman–Crippen LogP) is 2.98. The summed E-state index contributed by atoms with van der Waals surface area (Å²) >= 11 is 0. The highest BCUT2D eigenvalue weighted by Crippen LogP contribution is 2.32. The number of non-ortho nitro benzene ring substituents is 1. The minimum atomic E-state index is -0.395. The number of anilines is 1. The first-order valence-electron chi connectivity index (χ1n) is 6.23. The van der Waals surface area contributed by atoms with Crippen LogP contribution in [0.25, 0.3) is 10.8 Å². The van der Waals surface area contributed by atoms with Crippen LogP contribution >= 0.6 is 0 Å². The number of aromatic nitrogens is 1. The summed E-state index contributed by atoms with van der Waals surface area (Å²) < 4.78 is 5.17. The average Bonchev–Trinajstić information content (AvgIpc) is 2.38. The number of nitrogens with zero attached hydrogens (tertiary/aromatic N) is 2. The number of rotatable bonds is 5. The van der Waals surface area contributed by atoms with E-state index in [2.05, 4.69) is 10.3 Å². The Morgan fingerprint density at radius 1 is 1.35 bits per heavy atom. The molecular formula is C14H17N3O3. The minimum Gasteiger partial charge on any atom is -0.382 e. The zero-order valence-corrected chi connectivity index (χ0v) is 11.7. The summed E-state index contributed by atoms with van der Waals surface area (Å²) in [5.41, 5.74) is 0.611. The third kappa shape index (κ3) is 2.85. The molecule has 0 spiro atoms. The first-order chi connectivity index (χ1) is 9.44. The Morgan fingerprint density at radius 2 is 2.10 bits per heavy atom. The number of hydrogen-bond acceptors (Lipinski definition) is 5. The summed E-state index contributed by atoms with van der Waals surface area (Å²) in [6, 6.07) is 4.99. The van der Waals surface area contributed by atoms with E-state index < -0.39 is 4.92 Å². The molecule has 1 heterocycles. The number of ether oxygens (including phenoxy) is 1. The maximum atomic E-state index is 11.1. The largest absolute Gasteiger partial charge is 0.382 e. The molecule has 0 aliphatic heterocycles. The molecule has 2 rings (SSSR count). The Morgan fingerprint density at radius 3 is 2.75 bits per heavy atom. The van der Waals surface area contributed by atoms with E-state index in [0.29, 0.717) is 12.0 Å². The van der Waals surface area contributed by atoms with Gasteiger partial charge in [0.25, 0.3) is 5.69 Å². The number of fused-ring (bicyclic) bond motifs is 1. The molecule has 0 saturated carbocycles. The molecular weight excluding hydrogens is 258 g/mol. The van der Waals surface area contributed by atoms with Crippen LogP contribution in [0.1, 0.15) is 13.8 Å². The molecule has 0 unspecified atom stereocenters. The van der Waals surface area contributed by atoms with Crippen molar-refractivity contribution in [3.63, 3.8) is 0 Å². The van der Waals surface area contributed by atoms with Crippen LogP contribution in [0.5, 0.6) is 0 Å². The molecule has 0 bridgehead atoms. The van der Waals surface area contributed by atoms with Crippen LogP contribution in [0.3, 0.4) is 0 Å². The van der Waals surface area contributed by atoms with E-state index in [0.717, 1.165) is 11.1 Å². The molecule has 106 valence electrons. The number of nitro groups is 1. The van der Waals surface area contributed by atoms with Crippen molar-refractivity contribution >= 4 is 22.1 Å². The average molecular weight is 275 g/mol. The Labute approximate surface area is 116 Å². The van der Waals surface area contributed by atoms with Gasteiger partial charge in [0.2, 0.25) is 0 Å². The molecule has 2 aromatic rings. The van der Waals surface area contributed by atoms with Crippen molar-refractivity contribution in [3.8, 4) is 0 Å². The van der Waals surface area contributed by atoms with E-state index >= 15 is 0 Å². The fraction of sp³-hybridized carbons (Fsp3) is 0.357. The van der Waals surface area contributed by atoms with E-state index in [1.807, 2.05) is 13.8 Å². The molecule has 1 aromatic heterocycles. The van der Waals surface area contributed by atoms with Crippen LogP contribution in [0.4, 0.5) is 11.4 Å². The smallest absolute Gasteiger partial charge is 0.278 e. The van der Waals surface area contributed by atoms with Gasteiger partial charge in [-0.15, -0.1) is 0 Å². The van der Waals surface area contributed by atoms with Gasteiger partial charge in [-0.1, -0.05) is 0 Å². The van der Waals surface area contributed by atoms with Gasteiger partial charge in [0.05, 0.1) is 22.5 Å². The number of benzene rings is 1. The lowest BCUT2D eigenvalue weighted by atomic mass is 10.0. The summed E-state index contributed by atoms with van der Waals surface area (Å²) in [6.07, 6.45) is 3.14. The van der Waals surface area contributed by atoms with Gasteiger partial charge >= 0.3 is 0 Å². The normalized spacial score (nSPS) is 11.6. The monoisotopic (exact) mass is 275 g/mol. The lowest BCUT2D eigenvalue weighted by molar-refractivity contribution is -0.383. The Balaban J connectivity index is 2.51. The van der Waals surface area contributed by atoms with E-state index in [1.54, 1.807) is 25.4 Å². The molecule has 20 heavy (non-hydrogen) atoms. The summed E-state index contributed by atoms with van der Waals surface area (Å²) in [6.45, 7) is 4.53. The lowest BCUT2D eigenvalue weighted by Gasteiger charge is -2.27. The first-order valence-corrected chi connectivity index (χ1v) is 6.23. The first kappa shape index (κ1) is 14.2. The molecule has 6 heteroatoms. The Kier molecular flexibility index (Phi) is 3.85. The van der Waals surface area contributed by atoms with Gasteiger partial charge < -0.3 is 10.1 Å². The summed E-state index contributed by atoms with van der Waals surface area (Å²) in [5, 5.41) is 15.7. The number of nitrogens with one attached hydrogen (secondary N) is 1. The van der Waals surface area contributed by atoms with Crippen molar-refractivity contribution in [3.05, 3.63) is 40.7 Å². The number of hydrogen-bond donors (Lipinski definition) is 1. The molecule has 1 aromatic carbocycles. The third-order valence-corrected chi connectivity index (χ3v) is 2.97. The van der Waals surface area contributed by atoms with Gasteiger partial charge in [0, 0.05) is 36.6 Å². The van der Waals surface area contributed by atoms with E-state index in [-0.39, 0.29) is 11.2 Å². The Hall–Kier alpha value is -2.21. The van der Waals surface area contributed by atoms with Crippen molar-refractivity contribution < 1.29 is 9.66 Å². The van der Waals surface area contributed by atoms with E-state index in [1.165, 1.54) is 12.3 Å². The zero-order chi connectivity index (χ0) is 14.8. The lowest BCUT2D eigenvalue weighted by Crippen LogP contribution is -2.35. The van der Waals surface area contributed by atoms with Crippen molar-refractivity contribution in [2.24, 2.45) is 0 Å². The zero-order valence-electron chi connectivity index (χ0n) is 11.7. The summed E-state index contributed by atoms with van der Waals surface area (Å²) in [5.74, 6) is 0. The van der Waals surface area contributed by atoms with Gasteiger partial charge in [-0.25, -0.2) is 0 Å². The van der Waals surface area contributed by atoms with Crippen LogP contribution in [0.15, 0.2) is 30.6 Å². The Bertz CT molecular complexity index is 641. The molecule has 0 saturated heterocycles. The minimum absolute atomic E-state index is 0.0585. The second-order valence-electron chi connectivity index (χ2n) is 5.25. The molecule has 1 N–H and O–H groups in total. The van der Waals surface area contributed by atoms with Crippen LogP contribution in [0, 0.1) is 10.1 Å². The van der Waals surface area contributed by atoms with Crippen molar-refractivity contribution in [2.75, 3.05) is 19.0 Å². The van der Waals surface area contributed by atoms with Gasteiger partial charge in [0.15, 0.2) is 0 Å². The second kappa shape index (κ2) is 5.42. The second-order valence-corrected chi connectivity index (χ2v) is 5.25. The molecule has 0 aliphatic rings. The van der Waals surface area contributed by atoms with Crippen molar-refractivity contribution in [2.45, 2.75) is 19.4 Å². The highest BCUT2D eigenvalue weighted by molar-refractivity contribution is 5.99. The maximum absolute atomic E-state index is 11.1. The van der Waals surface area contributed by atoms with E-state index in [4.69, 9.17) is 4.74 Å². The number of nitro benzene ring substituents is 1. The fourth-order valence-corrected chi connectivity index (χ4v) is 2.20. The third-order valence-electron chi connectivity index (χ3n) is 2.97. The number of methoxy groups -OCH3 is 1. The topological polar surface area (TPSA) is 77.3 Å². The molecule has 0 aliphatic carbocycles. The number of pyridine rings is 1. The van der Waals surface area contributed by atoms with E-state index in [9.17, 15) is 10.1 Å². The quantitative estimate of drug-likeness (QED) is 0.670. The van der Waals surface area contributed by atoms with Crippen LogP contribution < -0.4 is 5.32 Å². The fourth-order valence-electron chi connectivity index (χ4n) is 2.20. The SMILES string of the molecule is COCC(C)(C)Nc1ccc([N+](=O)[O-])c2cnccc12. The summed E-state index contributed by atoms with van der Waals surface area (Å²) in [7, 11) is 1.64. The van der Waals surface area contributed by atoms with Crippen LogP contribution in [0.2, 0.25) is 0 Å². The van der Waals surface area contributed by atoms with Gasteiger partial charge in [-0.2, -0.15) is 0 Å². The molecule has 0 radical (unpaired) electrons. The van der Waals surface area contributed by atoms with Gasteiger partial charge in [0.1, 0.15) is 0 Å². The van der Waals surface area contributed by atoms with Gasteiger partial charge in [-0.05, 0) is 26.0 Å². The van der Waals surface area contributed by atoms with Crippen molar-refractivity contribution in [1.82, 2.24) is 4.98 Å². The summed E-state index contributed by atoms with van der Waals surface area (Å²) in [4.78, 5) is 14.6.